The van der Waals surface area contributed by atoms with Crippen molar-refractivity contribution in [2.24, 2.45) is 0 Å². The van der Waals surface area contributed by atoms with E-state index in [0.29, 0.717) is 27.8 Å². The summed E-state index contributed by atoms with van der Waals surface area (Å²) in [5.74, 6) is 0.277. The first kappa shape index (κ1) is 39.0. The lowest BCUT2D eigenvalue weighted by Gasteiger charge is -2.36. The van der Waals surface area contributed by atoms with E-state index in [4.69, 9.17) is 0 Å². The highest BCUT2D eigenvalue weighted by molar-refractivity contribution is 5.60. The van der Waals surface area contributed by atoms with Gasteiger partial charge >= 0.3 is 0 Å². The minimum Gasteiger partial charge on any atom is -0.507 e. The topological polar surface area (TPSA) is 121 Å². The highest BCUT2D eigenvalue weighted by Crippen LogP contribution is 2.47. The monoisotopic (exact) mass is 682 g/mol. The number of hydrogen-bond acceptors (Lipinski definition) is 6. The number of phenols is 3. The predicted molar refractivity (Wildman–Crippen MR) is 202 cm³/mol. The second kappa shape index (κ2) is 13.4. The minimum absolute atomic E-state index is 0.0751. The molecule has 0 heterocycles. The fourth-order valence-electron chi connectivity index (χ4n) is 6.99. The Hall–Kier alpha value is -3.84. The van der Waals surface area contributed by atoms with Crippen molar-refractivity contribution in [3.8, 4) is 17.2 Å². The maximum absolute atomic E-state index is 11.2. The van der Waals surface area contributed by atoms with Crippen LogP contribution in [0.2, 0.25) is 0 Å². The maximum Gasteiger partial charge on any atom is 0.124 e. The van der Waals surface area contributed by atoms with Crippen molar-refractivity contribution < 1.29 is 30.6 Å². The molecule has 6 nitrogen and oxygen atoms in total. The number of benzene rings is 4. The summed E-state index contributed by atoms with van der Waals surface area (Å²) in [4.78, 5) is 0. The molecule has 6 N–H and O–H groups in total. The number of hydrogen-bond donors (Lipinski definition) is 6. The molecule has 4 aromatic carbocycles. The Balaban J connectivity index is 2.04. The molecule has 0 saturated heterocycles. The van der Waals surface area contributed by atoms with Gasteiger partial charge in [0, 0.05) is 27.5 Å². The SMILES string of the molecule is CC(C)(C)c1cc(C(C)(C)c2ccc(C(C)(c3cc(CO)c(O)c(C(C)(C)C)c3)c3cc(CO)c(O)c(C(C)(C)C)c3)cc2)cc(CO)c1O. The molecule has 0 aliphatic rings. The van der Waals surface area contributed by atoms with E-state index in [0.717, 1.165) is 33.4 Å². The summed E-state index contributed by atoms with van der Waals surface area (Å²) in [6.45, 7) is 23.7. The van der Waals surface area contributed by atoms with E-state index in [9.17, 15) is 30.6 Å². The molecular weight excluding hydrogens is 624 g/mol. The zero-order valence-electron chi connectivity index (χ0n) is 32.1. The lowest BCUT2D eigenvalue weighted by molar-refractivity contribution is 0.273. The van der Waals surface area contributed by atoms with Crippen molar-refractivity contribution in [1.82, 2.24) is 0 Å². The van der Waals surface area contributed by atoms with Crippen molar-refractivity contribution in [3.05, 3.63) is 122 Å². The van der Waals surface area contributed by atoms with Gasteiger partial charge in [0.05, 0.1) is 19.8 Å². The fraction of sp³-hybridized carbons (Fsp3) is 0.455. The van der Waals surface area contributed by atoms with Gasteiger partial charge in [-0.25, -0.2) is 0 Å². The molecule has 0 radical (unpaired) electrons. The number of rotatable bonds is 8. The Morgan fingerprint density at radius 3 is 0.960 bits per heavy atom. The average molecular weight is 683 g/mol. The van der Waals surface area contributed by atoms with Crippen LogP contribution in [0.1, 0.15) is 144 Å². The molecule has 4 rings (SSSR count). The Morgan fingerprint density at radius 1 is 0.380 bits per heavy atom. The zero-order chi connectivity index (χ0) is 37.8. The largest absolute Gasteiger partial charge is 0.507 e. The van der Waals surface area contributed by atoms with Gasteiger partial charge in [0.25, 0.3) is 0 Å². The van der Waals surface area contributed by atoms with Crippen LogP contribution in [0.5, 0.6) is 17.2 Å². The van der Waals surface area contributed by atoms with E-state index in [1.807, 2.05) is 98.7 Å². The summed E-state index contributed by atoms with van der Waals surface area (Å²) in [5.41, 5.74) is 5.68. The molecule has 50 heavy (non-hydrogen) atoms. The molecule has 0 unspecified atom stereocenters. The van der Waals surface area contributed by atoms with E-state index in [-0.39, 0.29) is 42.5 Å². The summed E-state index contributed by atoms with van der Waals surface area (Å²) in [7, 11) is 0. The Morgan fingerprint density at radius 2 is 0.660 bits per heavy atom. The first-order chi connectivity index (χ1) is 22.9. The highest BCUT2D eigenvalue weighted by atomic mass is 16.3. The van der Waals surface area contributed by atoms with E-state index in [1.54, 1.807) is 0 Å². The van der Waals surface area contributed by atoms with Crippen LogP contribution >= 0.6 is 0 Å². The average Bonchev–Trinajstić information content (AvgIpc) is 3.02. The molecule has 0 spiro atoms. The van der Waals surface area contributed by atoms with E-state index in [1.165, 1.54) is 0 Å². The number of aliphatic hydroxyl groups is 3. The van der Waals surface area contributed by atoms with E-state index < -0.39 is 21.7 Å². The van der Waals surface area contributed by atoms with Crippen LogP contribution in [0, 0.1) is 0 Å². The quantitative estimate of drug-likeness (QED) is 0.103. The third-order valence-electron chi connectivity index (χ3n) is 10.6. The second-order valence-electron chi connectivity index (χ2n) is 17.6. The molecule has 0 bridgehead atoms. The Kier molecular flexibility index (Phi) is 10.4. The van der Waals surface area contributed by atoms with E-state index >= 15 is 0 Å². The lowest BCUT2D eigenvalue weighted by atomic mass is 9.67. The number of aromatic hydroxyl groups is 3. The molecule has 0 saturated carbocycles. The predicted octanol–water partition coefficient (Wildman–Crippen LogP) is 8.85. The Labute approximate surface area is 299 Å². The molecule has 0 aromatic heterocycles. The van der Waals surface area contributed by atoms with Crippen molar-refractivity contribution in [3.63, 3.8) is 0 Å². The van der Waals surface area contributed by atoms with Crippen molar-refractivity contribution in [2.75, 3.05) is 0 Å². The van der Waals surface area contributed by atoms with Crippen molar-refractivity contribution >= 4 is 0 Å². The molecule has 270 valence electrons. The Bertz CT molecular complexity index is 1790. The van der Waals surface area contributed by atoms with Gasteiger partial charge in [0.15, 0.2) is 0 Å². The van der Waals surface area contributed by atoms with Gasteiger partial charge in [-0.15, -0.1) is 0 Å². The standard InChI is InChI=1S/C44H58O6/c1-40(2,3)34-20-31(17-26(23-45)37(34)48)43(10,11)29-13-15-30(16-14-29)44(12,32-18-27(24-46)38(49)35(21-32)41(4,5)6)33-19-28(25-47)39(50)36(22-33)42(7,8)9/h13-22,45-50H,23-25H2,1-12H3. The summed E-state index contributed by atoms with van der Waals surface area (Å²) >= 11 is 0. The molecular formula is C44H58O6. The molecule has 0 fully saturated rings. The van der Waals surface area contributed by atoms with Crippen LogP contribution in [0.4, 0.5) is 0 Å². The fourth-order valence-corrected chi connectivity index (χ4v) is 6.99. The van der Waals surface area contributed by atoms with Crippen molar-refractivity contribution in [1.29, 1.82) is 0 Å². The molecule has 4 aromatic rings. The van der Waals surface area contributed by atoms with E-state index in [2.05, 4.69) is 45.0 Å². The summed E-state index contributed by atoms with van der Waals surface area (Å²) in [6, 6.07) is 20.0. The maximum atomic E-state index is 11.2. The van der Waals surface area contributed by atoms with Gasteiger partial charge in [-0.05, 0) is 85.9 Å². The van der Waals surface area contributed by atoms with Crippen LogP contribution in [-0.2, 0) is 46.9 Å². The summed E-state index contributed by atoms with van der Waals surface area (Å²) in [5, 5.41) is 64.4. The summed E-state index contributed by atoms with van der Waals surface area (Å²) in [6.07, 6.45) is 0. The van der Waals surface area contributed by atoms with Gasteiger partial charge in [0.2, 0.25) is 0 Å². The van der Waals surface area contributed by atoms with Crippen LogP contribution < -0.4 is 0 Å². The molecule has 6 heteroatoms. The second-order valence-corrected chi connectivity index (χ2v) is 17.6. The van der Waals surface area contributed by atoms with Gasteiger partial charge in [-0.2, -0.15) is 0 Å². The summed E-state index contributed by atoms with van der Waals surface area (Å²) < 4.78 is 0. The van der Waals surface area contributed by atoms with Gasteiger partial charge in [-0.1, -0.05) is 119 Å². The molecule has 0 aliphatic carbocycles. The van der Waals surface area contributed by atoms with Gasteiger partial charge < -0.3 is 30.6 Å². The normalized spacial score (nSPS) is 13.2. The lowest BCUT2D eigenvalue weighted by Crippen LogP contribution is -2.28. The minimum atomic E-state index is -0.847. The molecule has 0 atom stereocenters. The molecule has 0 amide bonds. The first-order valence-electron chi connectivity index (χ1n) is 17.5. The van der Waals surface area contributed by atoms with Crippen molar-refractivity contribution in [2.45, 2.75) is 130 Å². The smallest absolute Gasteiger partial charge is 0.124 e. The highest BCUT2D eigenvalue weighted by Gasteiger charge is 2.37. The van der Waals surface area contributed by atoms with Crippen LogP contribution in [-0.4, -0.2) is 30.6 Å². The van der Waals surface area contributed by atoms with Crippen LogP contribution in [0.15, 0.2) is 60.7 Å². The first-order valence-corrected chi connectivity index (χ1v) is 17.5. The number of aliphatic hydroxyl groups excluding tert-OH is 3. The van der Waals surface area contributed by atoms with Crippen LogP contribution in [0.25, 0.3) is 0 Å². The zero-order valence-corrected chi connectivity index (χ0v) is 32.1. The van der Waals surface area contributed by atoms with Gasteiger partial charge in [0.1, 0.15) is 17.2 Å². The van der Waals surface area contributed by atoms with Crippen LogP contribution in [0.3, 0.4) is 0 Å². The molecule has 0 aliphatic heterocycles. The van der Waals surface area contributed by atoms with Gasteiger partial charge in [-0.3, -0.25) is 0 Å². The third-order valence-corrected chi connectivity index (χ3v) is 10.6. The third kappa shape index (κ3) is 7.03.